The Morgan fingerprint density at radius 1 is 1.48 bits per heavy atom. The maximum atomic E-state index is 6.06. The van der Waals surface area contributed by atoms with Crippen LogP contribution < -0.4 is 10.5 Å². The molecule has 4 nitrogen and oxygen atoms in total. The second kappa shape index (κ2) is 7.78. The Morgan fingerprint density at radius 2 is 2.29 bits per heavy atom. The van der Waals surface area contributed by atoms with Crippen molar-refractivity contribution in [2.75, 3.05) is 33.4 Å². The molecule has 0 saturated carbocycles. The van der Waals surface area contributed by atoms with Gasteiger partial charge in [-0.15, -0.1) is 0 Å². The molecule has 1 fully saturated rings. The summed E-state index contributed by atoms with van der Waals surface area (Å²) >= 11 is 0. The number of likely N-dealkylation sites (N-methyl/N-ethyl adjacent to an activating group) is 1. The summed E-state index contributed by atoms with van der Waals surface area (Å²) in [4.78, 5) is 2.43. The average molecular weight is 292 g/mol. The highest BCUT2D eigenvalue weighted by Gasteiger charge is 2.24. The normalized spacial score (nSPS) is 20.0. The maximum absolute atomic E-state index is 6.06. The van der Waals surface area contributed by atoms with Crippen molar-refractivity contribution in [2.24, 2.45) is 5.73 Å². The molecule has 4 heteroatoms. The van der Waals surface area contributed by atoms with Gasteiger partial charge in [0.2, 0.25) is 0 Å². The van der Waals surface area contributed by atoms with Crippen LogP contribution in [-0.4, -0.2) is 44.4 Å². The highest BCUT2D eigenvalue weighted by Crippen LogP contribution is 2.27. The number of methoxy groups -OCH3 is 1. The highest BCUT2D eigenvalue weighted by molar-refractivity contribution is 5.37. The van der Waals surface area contributed by atoms with Gasteiger partial charge in [0.15, 0.2) is 0 Å². The van der Waals surface area contributed by atoms with Crippen molar-refractivity contribution >= 4 is 0 Å². The van der Waals surface area contributed by atoms with E-state index >= 15 is 0 Å². The van der Waals surface area contributed by atoms with E-state index < -0.39 is 0 Å². The molecule has 2 rings (SSSR count). The van der Waals surface area contributed by atoms with Crippen molar-refractivity contribution in [3.05, 3.63) is 29.3 Å². The fourth-order valence-electron chi connectivity index (χ4n) is 3.13. The first kappa shape index (κ1) is 16.3. The molecule has 21 heavy (non-hydrogen) atoms. The van der Waals surface area contributed by atoms with Crippen molar-refractivity contribution in [1.82, 2.24) is 4.90 Å². The number of nitrogens with zero attached hydrogens (tertiary/aromatic N) is 1. The lowest BCUT2D eigenvalue weighted by Crippen LogP contribution is -2.38. The third-order valence-electron chi connectivity index (χ3n) is 4.34. The first-order valence-electron chi connectivity index (χ1n) is 7.89. The standard InChI is InChI=1S/C17H28N2O2/c1-4-19(12-15-6-5-9-21-15)16(11-18)14-7-8-17(20-3)13(2)10-14/h7-8,10,15-16H,4-6,9,11-12,18H2,1-3H3. The SMILES string of the molecule is CCN(CC1CCCO1)C(CN)c1ccc(OC)c(C)c1. The number of benzene rings is 1. The van der Waals surface area contributed by atoms with Crippen molar-refractivity contribution in [1.29, 1.82) is 0 Å². The number of nitrogens with two attached hydrogens (primary N) is 1. The van der Waals surface area contributed by atoms with Gasteiger partial charge >= 0.3 is 0 Å². The average Bonchev–Trinajstić information content (AvgIpc) is 3.00. The molecule has 0 aromatic heterocycles. The Balaban J connectivity index is 2.13. The van der Waals surface area contributed by atoms with E-state index in [-0.39, 0.29) is 6.04 Å². The summed E-state index contributed by atoms with van der Waals surface area (Å²) in [5.41, 5.74) is 8.48. The minimum atomic E-state index is 0.240. The predicted molar refractivity (Wildman–Crippen MR) is 85.7 cm³/mol. The summed E-state index contributed by atoms with van der Waals surface area (Å²) < 4.78 is 11.1. The van der Waals surface area contributed by atoms with Crippen LogP contribution in [0.4, 0.5) is 0 Å². The van der Waals surface area contributed by atoms with Crippen LogP contribution >= 0.6 is 0 Å². The van der Waals surface area contributed by atoms with Gasteiger partial charge in [-0.1, -0.05) is 19.1 Å². The lowest BCUT2D eigenvalue weighted by Gasteiger charge is -2.32. The molecule has 1 heterocycles. The quantitative estimate of drug-likeness (QED) is 0.839. The number of hydrogen-bond donors (Lipinski definition) is 1. The van der Waals surface area contributed by atoms with E-state index in [2.05, 4.69) is 30.9 Å². The van der Waals surface area contributed by atoms with Gasteiger partial charge in [-0.25, -0.2) is 0 Å². The maximum Gasteiger partial charge on any atom is 0.121 e. The van der Waals surface area contributed by atoms with Crippen molar-refractivity contribution in [3.63, 3.8) is 0 Å². The van der Waals surface area contributed by atoms with Crippen LogP contribution in [0.5, 0.6) is 5.75 Å². The van der Waals surface area contributed by atoms with Crippen molar-refractivity contribution in [3.8, 4) is 5.75 Å². The summed E-state index contributed by atoms with van der Waals surface area (Å²) in [7, 11) is 1.71. The van der Waals surface area contributed by atoms with E-state index in [0.717, 1.165) is 37.4 Å². The number of aryl methyl sites for hydroxylation is 1. The van der Waals surface area contributed by atoms with Crippen LogP contribution in [0.1, 0.15) is 36.9 Å². The first-order chi connectivity index (χ1) is 10.2. The van der Waals surface area contributed by atoms with Crippen LogP contribution in [0.2, 0.25) is 0 Å². The molecule has 2 N–H and O–H groups in total. The second-order valence-corrected chi connectivity index (χ2v) is 5.70. The predicted octanol–water partition coefficient (Wildman–Crippen LogP) is 2.50. The molecule has 118 valence electrons. The van der Waals surface area contributed by atoms with Gasteiger partial charge in [-0.05, 0) is 43.5 Å². The largest absolute Gasteiger partial charge is 0.496 e. The highest BCUT2D eigenvalue weighted by atomic mass is 16.5. The minimum Gasteiger partial charge on any atom is -0.496 e. The van der Waals surface area contributed by atoms with E-state index in [9.17, 15) is 0 Å². The third-order valence-corrected chi connectivity index (χ3v) is 4.34. The van der Waals surface area contributed by atoms with Crippen LogP contribution in [0.25, 0.3) is 0 Å². The van der Waals surface area contributed by atoms with E-state index in [1.807, 2.05) is 6.07 Å². The monoisotopic (exact) mass is 292 g/mol. The third kappa shape index (κ3) is 3.96. The van der Waals surface area contributed by atoms with Crippen LogP contribution in [0.15, 0.2) is 18.2 Å². The van der Waals surface area contributed by atoms with Crippen molar-refractivity contribution < 1.29 is 9.47 Å². The molecule has 1 saturated heterocycles. The van der Waals surface area contributed by atoms with Crippen LogP contribution in [0.3, 0.4) is 0 Å². The van der Waals surface area contributed by atoms with E-state index in [1.54, 1.807) is 7.11 Å². The van der Waals surface area contributed by atoms with Gasteiger partial charge in [-0.2, -0.15) is 0 Å². The summed E-state index contributed by atoms with van der Waals surface area (Å²) in [5.74, 6) is 0.927. The van der Waals surface area contributed by atoms with E-state index in [4.69, 9.17) is 15.2 Å². The molecule has 0 aliphatic carbocycles. The zero-order chi connectivity index (χ0) is 15.2. The Kier molecular flexibility index (Phi) is 6.03. The summed E-state index contributed by atoms with van der Waals surface area (Å²) in [5, 5.41) is 0. The molecule has 1 aromatic rings. The van der Waals surface area contributed by atoms with Gasteiger partial charge in [0.1, 0.15) is 5.75 Å². The molecule has 1 aliphatic heterocycles. The summed E-state index contributed by atoms with van der Waals surface area (Å²) in [6.45, 7) is 7.72. The first-order valence-corrected chi connectivity index (χ1v) is 7.89. The summed E-state index contributed by atoms with van der Waals surface area (Å²) in [6.07, 6.45) is 2.70. The Morgan fingerprint density at radius 3 is 2.81 bits per heavy atom. The van der Waals surface area contributed by atoms with Gasteiger partial charge in [-0.3, -0.25) is 4.90 Å². The van der Waals surface area contributed by atoms with Gasteiger partial charge < -0.3 is 15.2 Å². The molecule has 2 atom stereocenters. The van der Waals surface area contributed by atoms with Gasteiger partial charge in [0.25, 0.3) is 0 Å². The summed E-state index contributed by atoms with van der Waals surface area (Å²) in [6, 6.07) is 6.59. The van der Waals surface area contributed by atoms with Crippen molar-refractivity contribution in [2.45, 2.75) is 38.8 Å². The molecule has 0 radical (unpaired) electrons. The molecular formula is C17H28N2O2. The molecule has 1 aromatic carbocycles. The zero-order valence-electron chi connectivity index (χ0n) is 13.5. The Hall–Kier alpha value is -1.10. The Bertz CT molecular complexity index is 444. The molecule has 0 amide bonds. The lowest BCUT2D eigenvalue weighted by atomic mass is 10.0. The van der Waals surface area contributed by atoms with Crippen LogP contribution in [-0.2, 0) is 4.74 Å². The smallest absolute Gasteiger partial charge is 0.121 e. The number of hydrogen-bond acceptors (Lipinski definition) is 4. The number of rotatable bonds is 7. The second-order valence-electron chi connectivity index (χ2n) is 5.70. The topological polar surface area (TPSA) is 47.7 Å². The molecule has 0 spiro atoms. The number of ether oxygens (including phenoxy) is 2. The fraction of sp³-hybridized carbons (Fsp3) is 0.647. The fourth-order valence-corrected chi connectivity index (χ4v) is 3.13. The van der Waals surface area contributed by atoms with Gasteiger partial charge in [0, 0.05) is 25.7 Å². The molecule has 0 bridgehead atoms. The van der Waals surface area contributed by atoms with Gasteiger partial charge in [0.05, 0.1) is 13.2 Å². The molecular weight excluding hydrogens is 264 g/mol. The lowest BCUT2D eigenvalue weighted by molar-refractivity contribution is 0.0601. The molecule has 2 unspecified atom stereocenters. The minimum absolute atomic E-state index is 0.240. The zero-order valence-corrected chi connectivity index (χ0v) is 13.5. The molecule has 1 aliphatic rings. The Labute approximate surface area is 128 Å². The van der Waals surface area contributed by atoms with Crippen LogP contribution in [0, 0.1) is 6.92 Å². The van der Waals surface area contributed by atoms with E-state index in [1.165, 1.54) is 12.0 Å². The van der Waals surface area contributed by atoms with E-state index in [0.29, 0.717) is 12.6 Å².